The van der Waals surface area contributed by atoms with Gasteiger partial charge >= 0.3 is 0 Å². The average molecular weight is 383 g/mol. The molecule has 2 aromatic carbocycles. The van der Waals surface area contributed by atoms with Gasteiger partial charge < -0.3 is 24.1 Å². The number of nitrogens with zero attached hydrogens (tertiary/aromatic N) is 1. The number of methoxy groups -OCH3 is 4. The number of aryl methyl sites for hydroxylation is 1. The lowest BCUT2D eigenvalue weighted by molar-refractivity contribution is 0.276. The van der Waals surface area contributed by atoms with Crippen molar-refractivity contribution < 1.29 is 24.1 Å². The molecule has 3 aromatic rings. The summed E-state index contributed by atoms with van der Waals surface area (Å²) in [4.78, 5) is 4.78. The molecular formula is C22H25NO5. The molecule has 1 N–H and O–H groups in total. The maximum atomic E-state index is 9.93. The Balaban J connectivity index is 2.39. The van der Waals surface area contributed by atoms with E-state index in [0.717, 1.165) is 34.0 Å². The predicted molar refractivity (Wildman–Crippen MR) is 109 cm³/mol. The average Bonchev–Trinajstić information content (AvgIpc) is 2.76. The highest BCUT2D eigenvalue weighted by Crippen LogP contribution is 2.40. The van der Waals surface area contributed by atoms with Crippen LogP contribution in [0.1, 0.15) is 18.2 Å². The zero-order valence-corrected chi connectivity index (χ0v) is 16.8. The molecule has 1 heterocycles. The van der Waals surface area contributed by atoms with Crippen molar-refractivity contribution in [3.05, 3.63) is 41.6 Å². The van der Waals surface area contributed by atoms with Crippen molar-refractivity contribution in [2.45, 2.75) is 20.0 Å². The molecule has 28 heavy (non-hydrogen) atoms. The maximum Gasteiger partial charge on any atom is 0.161 e. The Morgan fingerprint density at radius 3 is 1.89 bits per heavy atom. The van der Waals surface area contributed by atoms with Crippen LogP contribution < -0.4 is 18.9 Å². The van der Waals surface area contributed by atoms with Crippen LogP contribution in [0.25, 0.3) is 22.0 Å². The lowest BCUT2D eigenvalue weighted by Crippen LogP contribution is -2.03. The molecule has 3 rings (SSSR count). The van der Waals surface area contributed by atoms with Crippen LogP contribution in [0.2, 0.25) is 0 Å². The minimum atomic E-state index is -0.145. The zero-order chi connectivity index (χ0) is 20.3. The van der Waals surface area contributed by atoms with Gasteiger partial charge in [-0.1, -0.05) is 6.92 Å². The van der Waals surface area contributed by atoms with Crippen molar-refractivity contribution in [3.63, 3.8) is 0 Å². The summed E-state index contributed by atoms with van der Waals surface area (Å²) in [5.41, 5.74) is 3.22. The highest BCUT2D eigenvalue weighted by atomic mass is 16.5. The molecule has 0 saturated carbocycles. The van der Waals surface area contributed by atoms with E-state index in [-0.39, 0.29) is 6.61 Å². The van der Waals surface area contributed by atoms with Crippen LogP contribution in [0, 0.1) is 0 Å². The number of pyridine rings is 1. The molecule has 0 aliphatic rings. The van der Waals surface area contributed by atoms with E-state index >= 15 is 0 Å². The SMILES string of the molecule is CCc1c(CO)nc(-c2ccc(OC)c(OC)c2)c2cc(OC)c(OC)cc12. The van der Waals surface area contributed by atoms with Crippen molar-refractivity contribution in [1.29, 1.82) is 0 Å². The largest absolute Gasteiger partial charge is 0.493 e. The second-order valence-corrected chi connectivity index (χ2v) is 6.22. The molecule has 0 aliphatic carbocycles. The standard InChI is InChI=1S/C22H25NO5/c1-6-14-15-10-20(27-4)21(28-5)11-16(15)22(23-17(14)12-24)13-7-8-18(25-2)19(9-13)26-3/h7-11,24H,6,12H2,1-5H3. The number of aliphatic hydroxyl groups is 1. The highest BCUT2D eigenvalue weighted by Gasteiger charge is 2.18. The summed E-state index contributed by atoms with van der Waals surface area (Å²) in [6.45, 7) is 1.90. The first kappa shape index (κ1) is 19.8. The number of ether oxygens (including phenoxy) is 4. The molecule has 1 aromatic heterocycles. The number of hydrogen-bond donors (Lipinski definition) is 1. The van der Waals surface area contributed by atoms with Gasteiger partial charge in [-0.05, 0) is 47.7 Å². The van der Waals surface area contributed by atoms with Crippen molar-refractivity contribution in [2.24, 2.45) is 0 Å². The smallest absolute Gasteiger partial charge is 0.161 e. The normalized spacial score (nSPS) is 10.8. The Bertz CT molecular complexity index is 1000. The van der Waals surface area contributed by atoms with Crippen LogP contribution in [-0.2, 0) is 13.0 Å². The van der Waals surface area contributed by atoms with E-state index in [1.54, 1.807) is 28.4 Å². The summed E-state index contributed by atoms with van der Waals surface area (Å²) in [7, 11) is 6.41. The predicted octanol–water partition coefficient (Wildman–Crippen LogP) is 3.99. The zero-order valence-electron chi connectivity index (χ0n) is 16.8. The van der Waals surface area contributed by atoms with Crippen LogP contribution in [0.15, 0.2) is 30.3 Å². The van der Waals surface area contributed by atoms with Gasteiger partial charge in [0.05, 0.1) is 46.4 Å². The molecular weight excluding hydrogens is 358 g/mol. The van der Waals surface area contributed by atoms with Gasteiger partial charge in [0.15, 0.2) is 23.0 Å². The molecule has 0 saturated heterocycles. The topological polar surface area (TPSA) is 70.0 Å². The van der Waals surface area contributed by atoms with Crippen LogP contribution in [-0.4, -0.2) is 38.5 Å². The Hall–Kier alpha value is -2.99. The third-order valence-corrected chi connectivity index (χ3v) is 4.86. The van der Waals surface area contributed by atoms with Crippen LogP contribution in [0.5, 0.6) is 23.0 Å². The van der Waals surface area contributed by atoms with E-state index in [4.69, 9.17) is 23.9 Å². The van der Waals surface area contributed by atoms with Crippen molar-refractivity contribution in [1.82, 2.24) is 4.98 Å². The third kappa shape index (κ3) is 3.31. The summed E-state index contributed by atoms with van der Waals surface area (Å²) in [5.74, 6) is 2.51. The maximum absolute atomic E-state index is 9.93. The molecule has 0 radical (unpaired) electrons. The van der Waals surface area contributed by atoms with E-state index < -0.39 is 0 Å². The van der Waals surface area contributed by atoms with Gasteiger partial charge in [-0.15, -0.1) is 0 Å². The van der Waals surface area contributed by atoms with E-state index in [2.05, 4.69) is 0 Å². The first-order valence-corrected chi connectivity index (χ1v) is 9.02. The van der Waals surface area contributed by atoms with Crippen LogP contribution in [0.4, 0.5) is 0 Å². The number of rotatable bonds is 7. The second-order valence-electron chi connectivity index (χ2n) is 6.22. The monoisotopic (exact) mass is 383 g/mol. The van der Waals surface area contributed by atoms with Gasteiger partial charge in [0, 0.05) is 10.9 Å². The number of hydrogen-bond acceptors (Lipinski definition) is 6. The van der Waals surface area contributed by atoms with E-state index in [1.165, 1.54) is 0 Å². The lowest BCUT2D eigenvalue weighted by atomic mass is 9.96. The fraction of sp³-hybridized carbons (Fsp3) is 0.318. The van der Waals surface area contributed by atoms with Gasteiger partial charge in [0.2, 0.25) is 0 Å². The number of aliphatic hydroxyl groups excluding tert-OH is 1. The Morgan fingerprint density at radius 2 is 1.36 bits per heavy atom. The van der Waals surface area contributed by atoms with Gasteiger partial charge in [0.25, 0.3) is 0 Å². The highest BCUT2D eigenvalue weighted by molar-refractivity contribution is 5.99. The molecule has 148 valence electrons. The minimum absolute atomic E-state index is 0.145. The summed E-state index contributed by atoms with van der Waals surface area (Å²) in [6.07, 6.45) is 0.737. The summed E-state index contributed by atoms with van der Waals surface area (Å²) < 4.78 is 21.8. The molecule has 0 atom stereocenters. The third-order valence-electron chi connectivity index (χ3n) is 4.86. The van der Waals surface area contributed by atoms with Crippen molar-refractivity contribution in [3.8, 4) is 34.3 Å². The van der Waals surface area contributed by atoms with Gasteiger partial charge in [-0.25, -0.2) is 4.98 Å². The minimum Gasteiger partial charge on any atom is -0.493 e. The van der Waals surface area contributed by atoms with E-state index in [0.29, 0.717) is 28.7 Å². The first-order chi connectivity index (χ1) is 13.6. The molecule has 0 bridgehead atoms. The molecule has 6 nitrogen and oxygen atoms in total. The number of benzene rings is 2. The van der Waals surface area contributed by atoms with Gasteiger partial charge in [-0.3, -0.25) is 0 Å². The molecule has 0 aliphatic heterocycles. The second kappa shape index (κ2) is 8.35. The summed E-state index contributed by atoms with van der Waals surface area (Å²) in [5, 5.41) is 11.8. The van der Waals surface area contributed by atoms with E-state index in [1.807, 2.05) is 37.3 Å². The lowest BCUT2D eigenvalue weighted by Gasteiger charge is -2.17. The van der Waals surface area contributed by atoms with Crippen molar-refractivity contribution >= 4 is 10.8 Å². The number of aromatic nitrogens is 1. The molecule has 0 unspecified atom stereocenters. The molecule has 0 amide bonds. The fourth-order valence-corrected chi connectivity index (χ4v) is 3.47. The van der Waals surface area contributed by atoms with Gasteiger partial charge in [-0.2, -0.15) is 0 Å². The van der Waals surface area contributed by atoms with E-state index in [9.17, 15) is 5.11 Å². The summed E-state index contributed by atoms with van der Waals surface area (Å²) in [6, 6.07) is 9.51. The van der Waals surface area contributed by atoms with Crippen LogP contribution in [0.3, 0.4) is 0 Å². The number of fused-ring (bicyclic) bond motifs is 1. The summed E-state index contributed by atoms with van der Waals surface area (Å²) >= 11 is 0. The molecule has 0 spiro atoms. The molecule has 0 fully saturated rings. The van der Waals surface area contributed by atoms with Crippen LogP contribution >= 0.6 is 0 Å². The first-order valence-electron chi connectivity index (χ1n) is 9.02. The Morgan fingerprint density at radius 1 is 0.786 bits per heavy atom. The van der Waals surface area contributed by atoms with Crippen molar-refractivity contribution in [2.75, 3.05) is 28.4 Å². The quantitative estimate of drug-likeness (QED) is 0.665. The Labute approximate surface area is 164 Å². The molecule has 6 heteroatoms. The Kier molecular flexibility index (Phi) is 5.90. The van der Waals surface area contributed by atoms with Gasteiger partial charge in [0.1, 0.15) is 0 Å². The fourth-order valence-electron chi connectivity index (χ4n) is 3.47.